The molecule has 3 rings (SSSR count). The van der Waals surface area contributed by atoms with Crippen LogP contribution in [0.3, 0.4) is 0 Å². The second kappa shape index (κ2) is 8.51. The van der Waals surface area contributed by atoms with Gasteiger partial charge >= 0.3 is 5.97 Å². The second-order valence-electron chi connectivity index (χ2n) is 6.67. The maximum absolute atomic E-state index is 13.2. The molecule has 0 radical (unpaired) electrons. The Bertz CT molecular complexity index is 1180. The summed E-state index contributed by atoms with van der Waals surface area (Å²) in [5, 5.41) is 0.540. The number of carbonyl (C=O) groups excluding carboxylic acids is 2. The molecule has 0 amide bonds. The van der Waals surface area contributed by atoms with Gasteiger partial charge in [0.15, 0.2) is 5.78 Å². The number of benzene rings is 2. The van der Waals surface area contributed by atoms with E-state index in [0.29, 0.717) is 22.9 Å². The first-order chi connectivity index (χ1) is 13.7. The number of methoxy groups -OCH3 is 1. The number of aromatic nitrogens is 1. The Morgan fingerprint density at radius 2 is 1.76 bits per heavy atom. The van der Waals surface area contributed by atoms with Crippen molar-refractivity contribution in [3.05, 3.63) is 64.3 Å². The number of fused-ring (bicyclic) bond motifs is 1. The third kappa shape index (κ3) is 4.43. The molecule has 0 spiro atoms. The standard InChI is InChI=1S/C21H20BrNO5S/c1-14-6-9-16(10-7-14)29(26,27)23-13-18(17-12-15(22)8-11-19(17)23)20(24)4-3-5-21(25)28-2/h6-13H,3-5H2,1-2H3. The topological polar surface area (TPSA) is 82.4 Å². The fourth-order valence-electron chi connectivity index (χ4n) is 3.05. The van der Waals surface area contributed by atoms with Crippen LogP contribution >= 0.6 is 15.9 Å². The number of hydrogen-bond acceptors (Lipinski definition) is 5. The molecule has 0 saturated carbocycles. The molecule has 8 heteroatoms. The van der Waals surface area contributed by atoms with Crippen molar-refractivity contribution >= 4 is 48.6 Å². The largest absolute Gasteiger partial charge is 0.469 e. The van der Waals surface area contributed by atoms with E-state index in [1.165, 1.54) is 13.3 Å². The van der Waals surface area contributed by atoms with Gasteiger partial charge < -0.3 is 4.74 Å². The number of nitrogens with zero attached hydrogens (tertiary/aromatic N) is 1. The van der Waals surface area contributed by atoms with E-state index in [0.717, 1.165) is 14.0 Å². The maximum atomic E-state index is 13.2. The number of hydrogen-bond donors (Lipinski definition) is 0. The predicted octanol–water partition coefficient (Wildman–Crippen LogP) is 4.48. The van der Waals surface area contributed by atoms with Gasteiger partial charge in [-0.05, 0) is 43.7 Å². The fraction of sp³-hybridized carbons (Fsp3) is 0.238. The number of carbonyl (C=O) groups is 2. The second-order valence-corrected chi connectivity index (χ2v) is 9.40. The number of esters is 1. The summed E-state index contributed by atoms with van der Waals surface area (Å²) < 4.78 is 32.9. The van der Waals surface area contributed by atoms with Crippen LogP contribution in [-0.2, 0) is 19.6 Å². The molecule has 0 aliphatic carbocycles. The van der Waals surface area contributed by atoms with Gasteiger partial charge in [0.25, 0.3) is 10.0 Å². The number of aryl methyl sites for hydroxylation is 1. The zero-order chi connectivity index (χ0) is 21.2. The monoisotopic (exact) mass is 477 g/mol. The molecule has 1 heterocycles. The molecular formula is C21H20BrNO5S. The molecule has 2 aromatic carbocycles. The summed E-state index contributed by atoms with van der Waals surface area (Å²) in [6, 6.07) is 11.7. The third-order valence-electron chi connectivity index (χ3n) is 4.62. The molecule has 3 aromatic rings. The molecule has 0 fully saturated rings. The predicted molar refractivity (Wildman–Crippen MR) is 114 cm³/mol. The van der Waals surface area contributed by atoms with E-state index in [-0.39, 0.29) is 29.5 Å². The van der Waals surface area contributed by atoms with Crippen molar-refractivity contribution in [2.75, 3.05) is 7.11 Å². The minimum Gasteiger partial charge on any atom is -0.469 e. The van der Waals surface area contributed by atoms with Crippen LogP contribution < -0.4 is 0 Å². The first-order valence-electron chi connectivity index (χ1n) is 8.97. The molecule has 0 unspecified atom stereocenters. The lowest BCUT2D eigenvalue weighted by atomic mass is 10.0. The maximum Gasteiger partial charge on any atom is 0.305 e. The minimum atomic E-state index is -3.87. The van der Waals surface area contributed by atoms with E-state index in [1.54, 1.807) is 42.5 Å². The van der Waals surface area contributed by atoms with Crippen molar-refractivity contribution in [3.8, 4) is 0 Å². The molecule has 152 valence electrons. The van der Waals surface area contributed by atoms with Crippen LogP contribution in [0.15, 0.2) is 58.0 Å². The summed E-state index contributed by atoms with van der Waals surface area (Å²) in [5.74, 6) is -0.611. The van der Waals surface area contributed by atoms with E-state index in [9.17, 15) is 18.0 Å². The van der Waals surface area contributed by atoms with Crippen LogP contribution in [0, 0.1) is 6.92 Å². The molecule has 0 N–H and O–H groups in total. The van der Waals surface area contributed by atoms with Gasteiger partial charge in [0.1, 0.15) is 0 Å². The zero-order valence-electron chi connectivity index (χ0n) is 16.0. The molecular weight excluding hydrogens is 458 g/mol. The molecule has 1 aromatic heterocycles. The normalized spacial score (nSPS) is 11.6. The summed E-state index contributed by atoms with van der Waals surface area (Å²) in [6.45, 7) is 1.88. The molecule has 0 aliphatic heterocycles. The van der Waals surface area contributed by atoms with Crippen molar-refractivity contribution < 1.29 is 22.7 Å². The Labute approximate surface area is 177 Å². The van der Waals surface area contributed by atoms with E-state index < -0.39 is 10.0 Å². The third-order valence-corrected chi connectivity index (χ3v) is 6.80. The Balaban J connectivity index is 2.04. The van der Waals surface area contributed by atoms with Crippen LogP contribution in [0.5, 0.6) is 0 Å². The van der Waals surface area contributed by atoms with Gasteiger partial charge in [-0.25, -0.2) is 12.4 Å². The van der Waals surface area contributed by atoms with E-state index >= 15 is 0 Å². The van der Waals surface area contributed by atoms with E-state index in [2.05, 4.69) is 20.7 Å². The lowest BCUT2D eigenvalue weighted by Crippen LogP contribution is -2.12. The first kappa shape index (κ1) is 21.3. The summed E-state index contributed by atoms with van der Waals surface area (Å²) in [6.07, 6.45) is 1.95. The molecule has 0 aliphatic rings. The molecule has 0 bridgehead atoms. The Morgan fingerprint density at radius 1 is 1.07 bits per heavy atom. The summed E-state index contributed by atoms with van der Waals surface area (Å²) in [7, 11) is -2.57. The van der Waals surface area contributed by atoms with Crippen LogP contribution in [0.4, 0.5) is 0 Å². The summed E-state index contributed by atoms with van der Waals surface area (Å²) in [5.41, 5.74) is 1.68. The van der Waals surface area contributed by atoms with Gasteiger partial charge in [0.2, 0.25) is 0 Å². The van der Waals surface area contributed by atoms with Crippen molar-refractivity contribution in [3.63, 3.8) is 0 Å². The fourth-order valence-corrected chi connectivity index (χ4v) is 4.78. The quantitative estimate of drug-likeness (QED) is 0.370. The number of ketones is 1. The molecule has 29 heavy (non-hydrogen) atoms. The Hall–Kier alpha value is -2.45. The van der Waals surface area contributed by atoms with Gasteiger partial charge in [0, 0.05) is 34.5 Å². The highest BCUT2D eigenvalue weighted by Gasteiger charge is 2.24. The van der Waals surface area contributed by atoms with Crippen LogP contribution in [0.25, 0.3) is 10.9 Å². The van der Waals surface area contributed by atoms with Crippen molar-refractivity contribution in [2.45, 2.75) is 31.1 Å². The van der Waals surface area contributed by atoms with Gasteiger partial charge in [-0.1, -0.05) is 33.6 Å². The Morgan fingerprint density at radius 3 is 2.41 bits per heavy atom. The summed E-state index contributed by atoms with van der Waals surface area (Å²) >= 11 is 3.38. The van der Waals surface area contributed by atoms with Crippen LogP contribution in [-0.4, -0.2) is 31.3 Å². The van der Waals surface area contributed by atoms with E-state index in [4.69, 9.17) is 0 Å². The van der Waals surface area contributed by atoms with Gasteiger partial charge in [-0.15, -0.1) is 0 Å². The van der Waals surface area contributed by atoms with Crippen LogP contribution in [0.1, 0.15) is 35.2 Å². The van der Waals surface area contributed by atoms with Gasteiger partial charge in [-0.3, -0.25) is 9.59 Å². The highest BCUT2D eigenvalue weighted by atomic mass is 79.9. The number of rotatable bonds is 7. The first-order valence-corrected chi connectivity index (χ1v) is 11.2. The Kier molecular flexibility index (Phi) is 6.24. The van der Waals surface area contributed by atoms with Crippen molar-refractivity contribution in [2.24, 2.45) is 0 Å². The average Bonchev–Trinajstić information content (AvgIpc) is 3.07. The molecule has 0 atom stereocenters. The highest BCUT2D eigenvalue weighted by molar-refractivity contribution is 9.10. The van der Waals surface area contributed by atoms with Crippen molar-refractivity contribution in [1.82, 2.24) is 3.97 Å². The SMILES string of the molecule is COC(=O)CCCC(=O)c1cn(S(=O)(=O)c2ccc(C)cc2)c2ccc(Br)cc12. The van der Waals surface area contributed by atoms with Crippen molar-refractivity contribution in [1.29, 1.82) is 0 Å². The zero-order valence-corrected chi connectivity index (χ0v) is 18.4. The van der Waals surface area contributed by atoms with E-state index in [1.807, 2.05) is 6.92 Å². The number of halogens is 1. The lowest BCUT2D eigenvalue weighted by molar-refractivity contribution is -0.140. The molecule has 0 saturated heterocycles. The smallest absolute Gasteiger partial charge is 0.305 e. The van der Waals surface area contributed by atoms with Gasteiger partial charge in [0.05, 0.1) is 17.5 Å². The summed E-state index contributed by atoms with van der Waals surface area (Å²) in [4.78, 5) is 24.2. The van der Waals surface area contributed by atoms with Gasteiger partial charge in [-0.2, -0.15) is 0 Å². The molecule has 6 nitrogen and oxygen atoms in total. The van der Waals surface area contributed by atoms with Crippen LogP contribution in [0.2, 0.25) is 0 Å². The number of Topliss-reactive ketones (excluding diaryl/α,β-unsaturated/α-hetero) is 1. The lowest BCUT2D eigenvalue weighted by Gasteiger charge is -2.08. The number of ether oxygens (including phenoxy) is 1. The highest BCUT2D eigenvalue weighted by Crippen LogP contribution is 2.30. The minimum absolute atomic E-state index is 0.116. The average molecular weight is 478 g/mol.